The number of hydrogen-bond donors (Lipinski definition) is 1. The van der Waals surface area contributed by atoms with Crippen molar-refractivity contribution in [1.29, 1.82) is 0 Å². The minimum absolute atomic E-state index is 0.108. The molecule has 3 heterocycles. The summed E-state index contributed by atoms with van der Waals surface area (Å²) < 4.78 is 10.0. The Morgan fingerprint density at radius 3 is 2.65 bits per heavy atom. The van der Waals surface area contributed by atoms with Crippen LogP contribution in [0.3, 0.4) is 0 Å². The van der Waals surface area contributed by atoms with Crippen LogP contribution in [0.2, 0.25) is 0 Å². The van der Waals surface area contributed by atoms with E-state index in [0.29, 0.717) is 50.9 Å². The Morgan fingerprint density at radius 2 is 2.04 bits per heavy atom. The minimum atomic E-state index is -0.282. The van der Waals surface area contributed by atoms with Crippen molar-refractivity contribution in [3.8, 4) is 0 Å². The van der Waals surface area contributed by atoms with Crippen molar-refractivity contribution in [3.63, 3.8) is 0 Å². The summed E-state index contributed by atoms with van der Waals surface area (Å²) in [6, 6.07) is 3.36. The van der Waals surface area contributed by atoms with Gasteiger partial charge in [0, 0.05) is 39.8 Å². The molecule has 9 heteroatoms. The molecule has 0 spiro atoms. The van der Waals surface area contributed by atoms with Crippen LogP contribution in [0, 0.1) is 0 Å². The lowest BCUT2D eigenvalue weighted by molar-refractivity contribution is 0.0714. The summed E-state index contributed by atoms with van der Waals surface area (Å²) in [7, 11) is 1.57. The average molecular weight is 359 g/mol. The predicted octanol–water partition coefficient (Wildman–Crippen LogP) is 0.408. The van der Waals surface area contributed by atoms with Gasteiger partial charge in [-0.25, -0.2) is 9.97 Å². The number of amides is 2. The Labute approximate surface area is 151 Å². The van der Waals surface area contributed by atoms with E-state index < -0.39 is 0 Å². The van der Waals surface area contributed by atoms with Gasteiger partial charge in [0.25, 0.3) is 11.8 Å². The van der Waals surface area contributed by atoms with Crippen molar-refractivity contribution in [1.82, 2.24) is 20.2 Å². The number of nitrogens with zero attached hydrogens (tertiary/aromatic N) is 4. The van der Waals surface area contributed by atoms with Crippen molar-refractivity contribution < 1.29 is 18.7 Å². The van der Waals surface area contributed by atoms with E-state index in [-0.39, 0.29) is 17.5 Å². The standard InChI is InChI=1S/C17H21N5O4/c1-25-10-4-18-16(23)13-11-20-15(12-19-13)21-5-7-22(8-6-21)17(24)14-3-2-9-26-14/h2-3,9,11-12H,4-8,10H2,1H3,(H,18,23). The third kappa shape index (κ3) is 4.17. The quantitative estimate of drug-likeness (QED) is 0.746. The zero-order valence-electron chi connectivity index (χ0n) is 14.6. The van der Waals surface area contributed by atoms with Crippen LogP contribution in [0.15, 0.2) is 35.2 Å². The summed E-state index contributed by atoms with van der Waals surface area (Å²) in [5.41, 5.74) is 0.261. The Kier molecular flexibility index (Phi) is 5.80. The van der Waals surface area contributed by atoms with Crippen LogP contribution in [0.5, 0.6) is 0 Å². The molecule has 1 saturated heterocycles. The summed E-state index contributed by atoms with van der Waals surface area (Å²) in [5.74, 6) is 0.643. The number of piperazine rings is 1. The smallest absolute Gasteiger partial charge is 0.289 e. The second-order valence-electron chi connectivity index (χ2n) is 5.77. The van der Waals surface area contributed by atoms with Crippen molar-refractivity contribution in [2.24, 2.45) is 0 Å². The minimum Gasteiger partial charge on any atom is -0.459 e. The van der Waals surface area contributed by atoms with Crippen LogP contribution < -0.4 is 10.2 Å². The highest BCUT2D eigenvalue weighted by molar-refractivity contribution is 5.92. The van der Waals surface area contributed by atoms with Gasteiger partial charge in [-0.2, -0.15) is 0 Å². The van der Waals surface area contributed by atoms with Gasteiger partial charge in [-0.3, -0.25) is 9.59 Å². The van der Waals surface area contributed by atoms with Gasteiger partial charge < -0.3 is 24.3 Å². The number of nitrogens with one attached hydrogen (secondary N) is 1. The zero-order valence-corrected chi connectivity index (χ0v) is 14.6. The van der Waals surface area contributed by atoms with Gasteiger partial charge >= 0.3 is 0 Å². The maximum Gasteiger partial charge on any atom is 0.289 e. The molecular weight excluding hydrogens is 338 g/mol. The number of aromatic nitrogens is 2. The molecule has 26 heavy (non-hydrogen) atoms. The fourth-order valence-corrected chi connectivity index (χ4v) is 2.65. The Balaban J connectivity index is 1.53. The van der Waals surface area contributed by atoms with Crippen LogP contribution in [-0.2, 0) is 4.74 Å². The molecule has 9 nitrogen and oxygen atoms in total. The molecule has 0 aliphatic carbocycles. The highest BCUT2D eigenvalue weighted by Gasteiger charge is 2.24. The second-order valence-corrected chi connectivity index (χ2v) is 5.77. The topological polar surface area (TPSA) is 101 Å². The molecule has 3 rings (SSSR count). The number of carbonyl (C=O) groups excluding carboxylic acids is 2. The molecule has 0 radical (unpaired) electrons. The normalized spacial score (nSPS) is 14.3. The molecule has 1 aliphatic rings. The Hall–Kier alpha value is -2.94. The average Bonchev–Trinajstić information content (AvgIpc) is 3.23. The molecule has 0 unspecified atom stereocenters. The molecule has 0 saturated carbocycles. The fraction of sp³-hybridized carbons (Fsp3) is 0.412. The molecule has 1 fully saturated rings. The molecule has 0 aromatic carbocycles. The highest BCUT2D eigenvalue weighted by Crippen LogP contribution is 2.14. The first-order valence-electron chi connectivity index (χ1n) is 8.36. The Morgan fingerprint density at radius 1 is 1.23 bits per heavy atom. The number of rotatable bonds is 6. The molecule has 2 aromatic heterocycles. The first-order chi connectivity index (χ1) is 12.7. The maximum atomic E-state index is 12.3. The van der Waals surface area contributed by atoms with E-state index in [9.17, 15) is 9.59 Å². The first kappa shape index (κ1) is 17.9. The third-order valence-corrected chi connectivity index (χ3v) is 4.09. The van der Waals surface area contributed by atoms with Gasteiger partial charge in [-0.05, 0) is 12.1 Å². The van der Waals surface area contributed by atoms with Crippen LogP contribution in [0.25, 0.3) is 0 Å². The second kappa shape index (κ2) is 8.43. The molecule has 2 aromatic rings. The van der Waals surface area contributed by atoms with E-state index in [1.54, 1.807) is 30.3 Å². The number of anilines is 1. The van der Waals surface area contributed by atoms with Crippen LogP contribution in [0.4, 0.5) is 5.82 Å². The monoisotopic (exact) mass is 359 g/mol. The Bertz CT molecular complexity index is 724. The van der Waals surface area contributed by atoms with Gasteiger partial charge in [0.15, 0.2) is 5.76 Å². The molecule has 2 amide bonds. The van der Waals surface area contributed by atoms with Gasteiger partial charge in [0.2, 0.25) is 0 Å². The van der Waals surface area contributed by atoms with Crippen molar-refractivity contribution in [2.45, 2.75) is 0 Å². The van der Waals surface area contributed by atoms with Gasteiger partial charge in [0.05, 0.1) is 25.3 Å². The van der Waals surface area contributed by atoms with E-state index >= 15 is 0 Å². The number of methoxy groups -OCH3 is 1. The SMILES string of the molecule is COCCNC(=O)c1cnc(N2CCN(C(=O)c3ccco3)CC2)cn1. The van der Waals surface area contributed by atoms with E-state index in [0.717, 1.165) is 0 Å². The lowest BCUT2D eigenvalue weighted by Crippen LogP contribution is -2.49. The summed E-state index contributed by atoms with van der Waals surface area (Å²) in [6.07, 6.45) is 4.53. The van der Waals surface area contributed by atoms with Gasteiger partial charge in [0.1, 0.15) is 11.5 Å². The van der Waals surface area contributed by atoms with E-state index in [1.165, 1.54) is 12.5 Å². The number of furan rings is 1. The van der Waals surface area contributed by atoms with E-state index in [4.69, 9.17) is 9.15 Å². The van der Waals surface area contributed by atoms with E-state index in [2.05, 4.69) is 15.3 Å². The van der Waals surface area contributed by atoms with Gasteiger partial charge in [-0.1, -0.05) is 0 Å². The molecule has 1 aliphatic heterocycles. The summed E-state index contributed by atoms with van der Waals surface area (Å²) in [6.45, 7) is 3.28. The fourth-order valence-electron chi connectivity index (χ4n) is 2.65. The van der Waals surface area contributed by atoms with Crippen LogP contribution in [-0.4, -0.2) is 73.1 Å². The summed E-state index contributed by atoms with van der Waals surface area (Å²) in [5, 5.41) is 2.70. The molecular formula is C17H21N5O4. The lowest BCUT2D eigenvalue weighted by atomic mass is 10.3. The van der Waals surface area contributed by atoms with Gasteiger partial charge in [-0.15, -0.1) is 0 Å². The van der Waals surface area contributed by atoms with Crippen LogP contribution in [0.1, 0.15) is 21.0 Å². The highest BCUT2D eigenvalue weighted by atomic mass is 16.5. The first-order valence-corrected chi connectivity index (χ1v) is 8.36. The maximum absolute atomic E-state index is 12.3. The number of ether oxygens (including phenoxy) is 1. The summed E-state index contributed by atoms with van der Waals surface area (Å²) >= 11 is 0. The third-order valence-electron chi connectivity index (χ3n) is 4.09. The zero-order chi connectivity index (χ0) is 18.4. The van der Waals surface area contributed by atoms with Crippen molar-refractivity contribution in [3.05, 3.63) is 42.2 Å². The number of hydrogen-bond acceptors (Lipinski definition) is 7. The summed E-state index contributed by atoms with van der Waals surface area (Å²) in [4.78, 5) is 36.4. The molecule has 0 bridgehead atoms. The largest absolute Gasteiger partial charge is 0.459 e. The predicted molar refractivity (Wildman–Crippen MR) is 93.1 cm³/mol. The molecule has 1 N–H and O–H groups in total. The number of carbonyl (C=O) groups is 2. The van der Waals surface area contributed by atoms with E-state index in [1.807, 2.05) is 4.90 Å². The molecule has 138 valence electrons. The molecule has 0 atom stereocenters. The van der Waals surface area contributed by atoms with Crippen LogP contribution >= 0.6 is 0 Å². The lowest BCUT2D eigenvalue weighted by Gasteiger charge is -2.34. The van der Waals surface area contributed by atoms with Crippen molar-refractivity contribution >= 4 is 17.6 Å². The van der Waals surface area contributed by atoms with Crippen molar-refractivity contribution in [2.75, 3.05) is 51.3 Å².